The second kappa shape index (κ2) is 49.9. The molecule has 4 nitrogen and oxygen atoms in total. The van der Waals surface area contributed by atoms with Crippen LogP contribution in [0.4, 0.5) is 0 Å². The van der Waals surface area contributed by atoms with Gasteiger partial charge >= 0.3 is 5.97 Å². The molecule has 0 rings (SSSR count). The lowest BCUT2D eigenvalue weighted by molar-refractivity contribution is -0.137. The van der Waals surface area contributed by atoms with E-state index in [1.165, 1.54) is 21.0 Å². The number of hydrogen-bond acceptors (Lipinski definition) is 4. The summed E-state index contributed by atoms with van der Waals surface area (Å²) in [5, 5.41) is 6.64. The molecular formula is C8H21B2ClO4. The van der Waals surface area contributed by atoms with Gasteiger partial charge in [-0.1, -0.05) is 13.8 Å². The summed E-state index contributed by atoms with van der Waals surface area (Å²) in [4.78, 5) is 18.8. The van der Waals surface area contributed by atoms with Gasteiger partial charge in [-0.25, -0.2) is 0 Å². The summed E-state index contributed by atoms with van der Waals surface area (Å²) in [6, 6.07) is 0. The van der Waals surface area contributed by atoms with Crippen molar-refractivity contribution in [3.05, 3.63) is 0 Å². The minimum atomic E-state index is -0.361. The third kappa shape index (κ3) is 777. The van der Waals surface area contributed by atoms with E-state index in [0.717, 1.165) is 7.11 Å². The van der Waals surface area contributed by atoms with Gasteiger partial charge in [-0.2, -0.15) is 0 Å². The number of aliphatic hydroxyl groups is 1. The van der Waals surface area contributed by atoms with E-state index < -0.39 is 0 Å². The van der Waals surface area contributed by atoms with Gasteiger partial charge in [0.1, 0.15) is 0 Å². The highest BCUT2D eigenvalue weighted by atomic mass is 35.5. The molecule has 1 N–H and O–H groups in total. The number of aliphatic hydroxyl groups excluding tert-OH is 1. The van der Waals surface area contributed by atoms with Gasteiger partial charge in [-0.3, -0.25) is 9.59 Å². The van der Waals surface area contributed by atoms with Crippen LogP contribution in [0.3, 0.4) is 0 Å². The van der Waals surface area contributed by atoms with Gasteiger partial charge in [0.25, 0.3) is 0 Å². The maximum atomic E-state index is 9.59. The van der Waals surface area contributed by atoms with Crippen LogP contribution in [0, 0.1) is 0 Å². The Kier molecular flexibility index (Phi) is 79.7. The highest BCUT2D eigenvalue weighted by molar-refractivity contribution is 6.62. The summed E-state index contributed by atoms with van der Waals surface area (Å²) in [5.74, 6) is -0.245. The van der Waals surface area contributed by atoms with E-state index in [-0.39, 0.29) is 11.2 Å². The molecule has 90 valence electrons. The zero-order valence-corrected chi connectivity index (χ0v) is 11.0. The van der Waals surface area contributed by atoms with Crippen molar-refractivity contribution in [2.45, 2.75) is 27.7 Å². The molecule has 0 spiro atoms. The Morgan fingerprint density at radius 1 is 1.20 bits per heavy atom. The van der Waals surface area contributed by atoms with Crippen LogP contribution in [0.2, 0.25) is 0 Å². The van der Waals surface area contributed by atoms with E-state index in [0.29, 0.717) is 0 Å². The Hall–Kier alpha value is -0.480. The van der Waals surface area contributed by atoms with E-state index in [1.807, 2.05) is 13.8 Å². The topological polar surface area (TPSA) is 63.6 Å². The minimum Gasteiger partial charge on any atom is -0.469 e. The quantitative estimate of drug-likeness (QED) is 0.375. The second-order valence-corrected chi connectivity index (χ2v) is 1.70. The molecule has 0 aromatic heterocycles. The maximum Gasteiger partial charge on any atom is 0.302 e. The van der Waals surface area contributed by atoms with Crippen LogP contribution < -0.4 is 0 Å². The average molecular weight is 240 g/mol. The normalized spacial score (nSPS) is 5.60. The van der Waals surface area contributed by atoms with Crippen molar-refractivity contribution in [2.24, 2.45) is 0 Å². The summed E-state index contributed by atoms with van der Waals surface area (Å²) in [6.45, 7) is 6.65. The van der Waals surface area contributed by atoms with Crippen molar-refractivity contribution in [1.82, 2.24) is 0 Å². The predicted molar refractivity (Wildman–Crippen MR) is 68.0 cm³/mol. The Labute approximate surface area is 104 Å². The first kappa shape index (κ1) is 24.0. The van der Waals surface area contributed by atoms with Gasteiger partial charge in [0.15, 0.2) is 0 Å². The van der Waals surface area contributed by atoms with Crippen LogP contribution in [-0.2, 0) is 14.3 Å². The number of methoxy groups -OCH3 is 1. The highest BCUT2D eigenvalue weighted by Gasteiger charge is 1.75. The Morgan fingerprint density at radius 2 is 1.27 bits per heavy atom. The molecule has 0 saturated heterocycles. The zero-order valence-electron chi connectivity index (χ0n) is 12.2. The Morgan fingerprint density at radius 3 is 1.27 bits per heavy atom. The Balaban J connectivity index is -0.0000000228. The number of esters is 1. The minimum absolute atomic E-state index is 0.245. The van der Waals surface area contributed by atoms with E-state index in [4.69, 9.17) is 7.78 Å². The first-order valence-electron chi connectivity index (χ1n) is 4.81. The molecule has 0 heterocycles. The molecule has 0 aromatic carbocycles. The molecule has 0 aliphatic heterocycles. The first-order chi connectivity index (χ1) is 8.00. The number of ether oxygens (including phenoxy) is 1. The molecule has 0 atom stereocenters. The van der Waals surface area contributed by atoms with Crippen molar-refractivity contribution in [2.75, 3.05) is 14.2 Å². The molecule has 0 fully saturated rings. The second-order valence-electron chi connectivity index (χ2n) is 1.17. The smallest absolute Gasteiger partial charge is 0.302 e. The van der Waals surface area contributed by atoms with E-state index >= 15 is 0 Å². The SMILES string of the molecule is CC.CC(=O)Cl.CO.COC(C)=O.[2H][B].[2H][B]. The van der Waals surface area contributed by atoms with Gasteiger partial charge in [0.2, 0.25) is 5.24 Å². The molecular weight excluding hydrogens is 217 g/mol. The number of hydrogen-bond donors (Lipinski definition) is 1. The van der Waals surface area contributed by atoms with Crippen LogP contribution in [0.1, 0.15) is 27.7 Å². The highest BCUT2D eigenvalue weighted by Crippen LogP contribution is 1.67. The monoisotopic (exact) mass is 240 g/mol. The molecule has 0 aliphatic rings. The molecule has 0 aromatic rings. The maximum absolute atomic E-state index is 9.59. The summed E-state index contributed by atoms with van der Waals surface area (Å²) in [5.41, 5.74) is 0. The van der Waals surface area contributed by atoms with Gasteiger partial charge in [0.05, 0.1) is 7.11 Å². The van der Waals surface area contributed by atoms with Crippen molar-refractivity contribution < 1.29 is 19.4 Å². The molecule has 0 aliphatic carbocycles. The average Bonchev–Trinajstić information content (AvgIpc) is 2.38. The van der Waals surface area contributed by atoms with Crippen LogP contribution in [0.25, 0.3) is 0 Å². The van der Waals surface area contributed by atoms with Crippen molar-refractivity contribution in [1.29, 1.82) is 2.67 Å². The molecule has 0 saturated carbocycles. The molecule has 0 unspecified atom stereocenters. The lowest BCUT2D eigenvalue weighted by Crippen LogP contribution is -1.88. The largest absolute Gasteiger partial charge is 0.469 e. The third-order valence-corrected chi connectivity index (χ3v) is 0.287. The van der Waals surface area contributed by atoms with Gasteiger partial charge in [-0.15, -0.1) is 0 Å². The Bertz CT molecular complexity index is 118. The van der Waals surface area contributed by atoms with Gasteiger partial charge < -0.3 is 9.84 Å². The van der Waals surface area contributed by atoms with Gasteiger partial charge in [-0.05, 0) is 14.3 Å². The fourth-order valence-electron chi connectivity index (χ4n) is 0. The van der Waals surface area contributed by atoms with E-state index in [1.54, 1.807) is 0 Å². The van der Waals surface area contributed by atoms with Gasteiger partial charge in [0, 0.05) is 37.7 Å². The van der Waals surface area contributed by atoms with Crippen LogP contribution in [0.15, 0.2) is 0 Å². The summed E-state index contributed by atoms with van der Waals surface area (Å²) in [6.07, 6.45) is 0. The van der Waals surface area contributed by atoms with Crippen LogP contribution in [-0.4, -0.2) is 50.0 Å². The number of rotatable bonds is 0. The molecule has 0 amide bonds. The third-order valence-electron chi connectivity index (χ3n) is 0.287. The summed E-state index contributed by atoms with van der Waals surface area (Å²) in [7, 11) is 9.85. The predicted octanol–water partition coefficient (Wildman–Crippen LogP) is 0.289. The van der Waals surface area contributed by atoms with E-state index in [9.17, 15) is 9.59 Å². The van der Waals surface area contributed by atoms with Crippen molar-refractivity contribution in [3.63, 3.8) is 0 Å². The number of carbonyl (C=O) groups is 2. The number of halogens is 1. The van der Waals surface area contributed by atoms with Crippen LogP contribution >= 0.6 is 11.6 Å². The fraction of sp³-hybridized carbons (Fsp3) is 0.750. The lowest BCUT2D eigenvalue weighted by Gasteiger charge is -1.80. The molecule has 4 radical (unpaired) electrons. The zero-order chi connectivity index (χ0) is 15.9. The standard InChI is InChI=1S/C3H6O2.C2H3ClO.C2H6.CH4O.2BH/c1-3(4)5-2;1-2(3)4;2*1-2;;/h1-2H3;1H3;1-2H3;2H,1H3;2*1H/i;;;;2*1D. The number of carbonyl (C=O) groups excluding carboxylic acids is 2. The molecule has 0 bridgehead atoms. The van der Waals surface area contributed by atoms with Crippen molar-refractivity contribution >= 4 is 39.6 Å². The summed E-state index contributed by atoms with van der Waals surface area (Å²) >= 11 is 4.64. The molecule has 15 heavy (non-hydrogen) atoms. The lowest BCUT2D eigenvalue weighted by atomic mass is 10.8. The first-order valence-corrected chi connectivity index (χ1v) is 4.03. The fourth-order valence-corrected chi connectivity index (χ4v) is 0. The van der Waals surface area contributed by atoms with Crippen molar-refractivity contribution in [3.8, 4) is 0 Å². The summed E-state index contributed by atoms with van der Waals surface area (Å²) < 4.78 is 14.6. The molecule has 7 heteroatoms. The van der Waals surface area contributed by atoms with E-state index in [2.05, 4.69) is 33.1 Å². The van der Waals surface area contributed by atoms with Crippen LogP contribution in [0.5, 0.6) is 0 Å².